The van der Waals surface area contributed by atoms with Gasteiger partial charge in [-0.2, -0.15) is 5.26 Å². The number of aliphatic hydroxyl groups is 1. The van der Waals surface area contributed by atoms with Crippen molar-refractivity contribution in [2.24, 2.45) is 5.41 Å². The molecule has 0 saturated carbocycles. The van der Waals surface area contributed by atoms with Crippen molar-refractivity contribution in [3.05, 3.63) is 11.4 Å². The first kappa shape index (κ1) is 54.1. The summed E-state index contributed by atoms with van der Waals surface area (Å²) in [5.41, 5.74) is -0.372. The Hall–Kier alpha value is -1.94. The minimum Gasteiger partial charge on any atom is -0.400 e. The number of amides is 2. The highest BCUT2D eigenvalue weighted by Crippen LogP contribution is 2.51. The van der Waals surface area contributed by atoms with Crippen LogP contribution in [-0.2, 0) is 23.2 Å². The molecule has 1 heterocycles. The van der Waals surface area contributed by atoms with Crippen molar-refractivity contribution in [2.45, 2.75) is 184 Å². The van der Waals surface area contributed by atoms with Crippen LogP contribution >= 0.6 is 17.0 Å². The predicted octanol–water partition coefficient (Wildman–Crippen LogP) is 8.99. The Kier molecular flexibility index (Phi) is 31.5. The van der Waals surface area contributed by atoms with E-state index in [1.807, 2.05) is 4.90 Å². The van der Waals surface area contributed by atoms with E-state index in [9.17, 15) is 9.59 Å². The number of aliphatic hydroxyl groups excluding tert-OH is 1. The Balaban J connectivity index is 0. The van der Waals surface area contributed by atoms with Gasteiger partial charge in [-0.25, -0.2) is 20.6 Å². The maximum Gasteiger partial charge on any atom is 0.259 e. The van der Waals surface area contributed by atoms with E-state index in [4.69, 9.17) is 34.6 Å². The summed E-state index contributed by atoms with van der Waals surface area (Å²) in [4.78, 5) is 29.6. The van der Waals surface area contributed by atoms with Crippen LogP contribution in [0.1, 0.15) is 149 Å². The fraction of sp³-hybridized carbons (Fsp3) is 0.860. The van der Waals surface area contributed by atoms with Gasteiger partial charge in [-0.1, -0.05) is 13.3 Å². The molecule has 15 heteroatoms. The van der Waals surface area contributed by atoms with Crippen LogP contribution in [0, 0.1) is 35.7 Å². The number of carbonyl (C=O) groups excluding carboxylic acids is 2. The summed E-state index contributed by atoms with van der Waals surface area (Å²) in [5, 5.41) is 15.2. The average Bonchev–Trinajstić information content (AvgIpc) is 3.14. The van der Waals surface area contributed by atoms with E-state index in [1.54, 1.807) is 0 Å². The Morgan fingerprint density at radius 1 is 0.879 bits per heavy atom. The third-order valence-corrected chi connectivity index (χ3v) is 13.9. The molecule has 1 saturated heterocycles. The third-order valence-electron chi connectivity index (χ3n) is 8.83. The SMILES string of the molecule is CC(C)N(C(C)C)P(OCCC#N)N(C(C)C)C(C)C.[2H]CC1(COP(OCC[N+]#[C-])N(C(C)C)C(C)C)CN(C(=O)CCCCCNC(=O)CCCCC#C)C1.[3H]OC. The zero-order valence-corrected chi connectivity index (χ0v) is 40.4. The summed E-state index contributed by atoms with van der Waals surface area (Å²) in [6, 6.07) is 4.28. The van der Waals surface area contributed by atoms with Gasteiger partial charge in [0.05, 0.1) is 25.7 Å². The van der Waals surface area contributed by atoms with Gasteiger partial charge < -0.3 is 33.7 Å². The monoisotopic (exact) mass is 859 g/mol. The molecule has 1 rings (SSSR count). The molecule has 2 N–H and O–H groups in total. The minimum absolute atomic E-state index is 0.0630. The van der Waals surface area contributed by atoms with Crippen LogP contribution in [0.15, 0.2) is 0 Å². The lowest BCUT2D eigenvalue weighted by atomic mass is 9.82. The fourth-order valence-corrected chi connectivity index (χ4v) is 10.6. The molecule has 1 atom stereocenters. The quantitative estimate of drug-likeness (QED) is 0.0340. The number of terminal acetylenes is 1. The van der Waals surface area contributed by atoms with Crippen molar-refractivity contribution in [3.8, 4) is 18.4 Å². The van der Waals surface area contributed by atoms with E-state index in [1.165, 1.54) is 7.11 Å². The highest BCUT2D eigenvalue weighted by Gasteiger charge is 2.43. The summed E-state index contributed by atoms with van der Waals surface area (Å²) in [5.74, 6) is 2.76. The highest BCUT2D eigenvalue weighted by atomic mass is 31.2. The number of carbonyl (C=O) groups is 2. The second-order valence-electron chi connectivity index (χ2n) is 16.2. The second-order valence-corrected chi connectivity index (χ2v) is 19.4. The molecule has 0 bridgehead atoms. The fourth-order valence-electron chi connectivity index (χ4n) is 6.51. The average molecular weight is 859 g/mol. The first-order chi connectivity index (χ1) is 28.3. The smallest absolute Gasteiger partial charge is 0.259 e. The largest absolute Gasteiger partial charge is 0.400 e. The Bertz CT molecular complexity index is 1210. The van der Waals surface area contributed by atoms with Crippen molar-refractivity contribution in [1.29, 1.82) is 6.69 Å². The van der Waals surface area contributed by atoms with Gasteiger partial charge in [0.1, 0.15) is 6.61 Å². The molecule has 0 spiro atoms. The van der Waals surface area contributed by atoms with Crippen molar-refractivity contribution in [2.75, 3.05) is 53.1 Å². The van der Waals surface area contributed by atoms with E-state index < -0.39 is 17.0 Å². The molecule has 1 fully saturated rings. The number of hydrogen-bond donors (Lipinski definition) is 2. The number of nitrogens with zero attached hydrogens (tertiary/aromatic N) is 6. The first-order valence-corrected chi connectivity index (χ1v) is 23.4. The van der Waals surface area contributed by atoms with Gasteiger partial charge in [0.25, 0.3) is 8.53 Å². The Morgan fingerprint density at radius 2 is 1.41 bits per heavy atom. The normalized spacial score (nSPS) is 14.5. The molecule has 13 nitrogen and oxygen atoms in total. The maximum atomic E-state index is 12.6. The molecule has 1 aliphatic rings. The number of nitrogens with one attached hydrogen (secondary N) is 1. The highest BCUT2D eigenvalue weighted by molar-refractivity contribution is 7.47. The van der Waals surface area contributed by atoms with Gasteiger partial charge in [0.15, 0.2) is 8.45 Å². The van der Waals surface area contributed by atoms with Crippen LogP contribution in [0.2, 0.25) is 0 Å². The molecule has 1 unspecified atom stereocenters. The standard InChI is InChI=1S/C27H47N4O4P.C15H32N3OP.CH4O/c1-8-9-10-12-15-25(32)29-17-14-11-13-16-26(33)30-20-27(6,21-30)22-35-36(34-19-18-28-7)31(23(2)3)24(4)5;1-12(2)17(13(3)4)20(19-11-9-10-16)18(14(5)6)15(7)8;1-2/h1,23-24H,9-22H2,2-6H3,(H,29,32);12-15H,9,11H2,1-8H3;2H,1H3/i6D;;2T. The van der Waals surface area contributed by atoms with Gasteiger partial charge in [-0.15, -0.1) is 12.3 Å². The van der Waals surface area contributed by atoms with Gasteiger partial charge in [-0.3, -0.25) is 9.59 Å². The van der Waals surface area contributed by atoms with Gasteiger partial charge in [-0.05, 0) is 109 Å². The van der Waals surface area contributed by atoms with Crippen LogP contribution in [0.5, 0.6) is 0 Å². The van der Waals surface area contributed by atoms with Crippen LogP contribution in [-0.4, -0.2) is 127 Å². The van der Waals surface area contributed by atoms with Crippen molar-refractivity contribution < 1.29 is 29.6 Å². The van der Waals surface area contributed by atoms with Crippen molar-refractivity contribution >= 4 is 28.8 Å². The van der Waals surface area contributed by atoms with Crippen LogP contribution in [0.3, 0.4) is 0 Å². The number of rotatable bonds is 28. The lowest BCUT2D eigenvalue weighted by Gasteiger charge is -2.48. The van der Waals surface area contributed by atoms with Gasteiger partial charge in [0.2, 0.25) is 19.8 Å². The number of likely N-dealkylation sites (tertiary alicyclic amines) is 1. The number of nitriles is 1. The topological polar surface area (TPSA) is 135 Å². The zero-order chi connectivity index (χ0) is 46.3. The van der Waals surface area contributed by atoms with Crippen molar-refractivity contribution in [1.82, 2.24) is 24.2 Å². The van der Waals surface area contributed by atoms with Gasteiger partial charge >= 0.3 is 0 Å². The Morgan fingerprint density at radius 3 is 1.88 bits per heavy atom. The molecule has 0 aliphatic carbocycles. The minimum atomic E-state index is -1.35. The zero-order valence-electron chi connectivity index (χ0n) is 40.6. The molecule has 0 aromatic rings. The number of hydrogen-bond acceptors (Lipinski definition) is 10. The van der Waals surface area contributed by atoms with E-state index >= 15 is 0 Å². The molecule has 0 radical (unpaired) electrons. The molecular formula is C43H83N7O6P2. The summed E-state index contributed by atoms with van der Waals surface area (Å²) in [6.07, 6.45) is 11.6. The molecule has 0 aromatic heterocycles. The molecule has 0 aromatic carbocycles. The Labute approximate surface area is 360 Å². The van der Waals surface area contributed by atoms with Crippen LogP contribution in [0.25, 0.3) is 4.85 Å². The molecule has 336 valence electrons. The van der Waals surface area contributed by atoms with E-state index in [0.29, 0.717) is 89.3 Å². The molecule has 58 heavy (non-hydrogen) atoms. The molecular weight excluding hydrogens is 772 g/mol. The summed E-state index contributed by atoms with van der Waals surface area (Å²) < 4.78 is 39.2. The summed E-state index contributed by atoms with van der Waals surface area (Å²) >= 11 is 0. The number of unbranched alkanes of at least 4 members (excludes halogenated alkanes) is 4. The lowest BCUT2D eigenvalue weighted by molar-refractivity contribution is -0.144. The van der Waals surface area contributed by atoms with Crippen molar-refractivity contribution in [3.63, 3.8) is 0 Å². The molecule has 2 amide bonds. The van der Waals surface area contributed by atoms with Crippen LogP contribution in [0.4, 0.5) is 0 Å². The van der Waals surface area contributed by atoms with E-state index in [0.717, 1.165) is 32.1 Å². The van der Waals surface area contributed by atoms with Crippen LogP contribution < -0.4 is 5.32 Å². The summed E-state index contributed by atoms with van der Waals surface area (Å²) in [7, 11) is -0.896. The third kappa shape index (κ3) is 24.3. The predicted molar refractivity (Wildman–Crippen MR) is 241 cm³/mol. The summed E-state index contributed by atoms with van der Waals surface area (Å²) in [6.45, 7) is 36.4. The van der Waals surface area contributed by atoms with E-state index in [2.05, 4.69) is 124 Å². The van der Waals surface area contributed by atoms with E-state index in [-0.39, 0.29) is 42.8 Å². The molecule has 1 aliphatic heterocycles. The first-order valence-electron chi connectivity index (χ1n) is 22.3. The lowest BCUT2D eigenvalue weighted by Crippen LogP contribution is -2.58. The van der Waals surface area contributed by atoms with Gasteiger partial charge in [0, 0.05) is 89.0 Å². The second kappa shape index (κ2) is 33.7. The maximum absolute atomic E-state index is 12.6.